The summed E-state index contributed by atoms with van der Waals surface area (Å²) in [5.74, 6) is 0.0505. The standard InChI is InChI=1S/C15H22N2O2/c1-11(2)19-10-9-16-14-8-7-12-5-3-4-6-13(12)17-15(14)18/h3-6,11,14,16H,7-10H2,1-2H3,(H,17,18). The van der Waals surface area contributed by atoms with E-state index in [1.807, 2.05) is 32.0 Å². The van der Waals surface area contributed by atoms with Gasteiger partial charge in [-0.2, -0.15) is 0 Å². The Morgan fingerprint density at radius 2 is 2.21 bits per heavy atom. The summed E-state index contributed by atoms with van der Waals surface area (Å²) < 4.78 is 5.47. The van der Waals surface area contributed by atoms with Crippen LogP contribution in [0.25, 0.3) is 0 Å². The van der Waals surface area contributed by atoms with Crippen molar-refractivity contribution >= 4 is 11.6 Å². The van der Waals surface area contributed by atoms with Crippen molar-refractivity contribution in [3.63, 3.8) is 0 Å². The minimum absolute atomic E-state index is 0.0505. The van der Waals surface area contributed by atoms with E-state index in [1.54, 1.807) is 0 Å². The van der Waals surface area contributed by atoms with Crippen molar-refractivity contribution in [1.82, 2.24) is 5.32 Å². The van der Waals surface area contributed by atoms with E-state index in [0.29, 0.717) is 13.2 Å². The molecule has 0 spiro atoms. The molecule has 0 saturated heterocycles. The van der Waals surface area contributed by atoms with Crippen molar-refractivity contribution in [1.29, 1.82) is 0 Å². The van der Waals surface area contributed by atoms with Gasteiger partial charge in [-0.25, -0.2) is 0 Å². The average Bonchev–Trinajstić information content (AvgIpc) is 2.53. The van der Waals surface area contributed by atoms with Gasteiger partial charge in [0.2, 0.25) is 5.91 Å². The van der Waals surface area contributed by atoms with Crippen LogP contribution in [0.3, 0.4) is 0 Å². The number of carbonyl (C=O) groups excluding carboxylic acids is 1. The molecular formula is C15H22N2O2. The summed E-state index contributed by atoms with van der Waals surface area (Å²) in [6.45, 7) is 5.35. The van der Waals surface area contributed by atoms with Gasteiger partial charge in [0.15, 0.2) is 0 Å². The maximum absolute atomic E-state index is 12.1. The SMILES string of the molecule is CC(C)OCCNC1CCc2ccccc2NC1=O. The summed E-state index contributed by atoms with van der Waals surface area (Å²) in [7, 11) is 0. The number of aryl methyl sites for hydroxylation is 1. The summed E-state index contributed by atoms with van der Waals surface area (Å²) in [6, 6.07) is 7.85. The van der Waals surface area contributed by atoms with Gasteiger partial charge in [0.25, 0.3) is 0 Å². The number of rotatable bonds is 5. The highest BCUT2D eigenvalue weighted by atomic mass is 16.5. The Kier molecular flexibility index (Phi) is 4.93. The van der Waals surface area contributed by atoms with Crippen LogP contribution in [-0.4, -0.2) is 31.2 Å². The number of nitrogens with one attached hydrogen (secondary N) is 2. The largest absolute Gasteiger partial charge is 0.377 e. The molecule has 2 N–H and O–H groups in total. The molecule has 1 atom stereocenters. The normalized spacial score (nSPS) is 18.9. The first kappa shape index (κ1) is 14.0. The van der Waals surface area contributed by atoms with E-state index in [9.17, 15) is 4.79 Å². The van der Waals surface area contributed by atoms with Crippen LogP contribution in [0.15, 0.2) is 24.3 Å². The fraction of sp³-hybridized carbons (Fsp3) is 0.533. The summed E-state index contributed by atoms with van der Waals surface area (Å²) in [6.07, 6.45) is 1.97. The molecule has 104 valence electrons. The molecule has 2 rings (SSSR count). The van der Waals surface area contributed by atoms with Gasteiger partial charge in [-0.05, 0) is 38.3 Å². The molecular weight excluding hydrogens is 240 g/mol. The zero-order valence-corrected chi connectivity index (χ0v) is 11.6. The van der Waals surface area contributed by atoms with Gasteiger partial charge in [-0.3, -0.25) is 4.79 Å². The monoisotopic (exact) mass is 262 g/mol. The number of para-hydroxylation sites is 1. The molecule has 4 heteroatoms. The average molecular weight is 262 g/mol. The van der Waals surface area contributed by atoms with Crippen molar-refractivity contribution in [3.8, 4) is 0 Å². The highest BCUT2D eigenvalue weighted by molar-refractivity contribution is 5.96. The summed E-state index contributed by atoms with van der Waals surface area (Å²) in [5.41, 5.74) is 2.15. The highest BCUT2D eigenvalue weighted by Gasteiger charge is 2.22. The van der Waals surface area contributed by atoms with Crippen LogP contribution < -0.4 is 10.6 Å². The molecule has 0 aromatic heterocycles. The van der Waals surface area contributed by atoms with E-state index >= 15 is 0 Å². The number of carbonyl (C=O) groups is 1. The molecule has 1 heterocycles. The lowest BCUT2D eigenvalue weighted by molar-refractivity contribution is -0.118. The topological polar surface area (TPSA) is 50.4 Å². The van der Waals surface area contributed by atoms with Crippen molar-refractivity contribution < 1.29 is 9.53 Å². The third-order valence-corrected chi connectivity index (χ3v) is 3.24. The van der Waals surface area contributed by atoms with Crippen LogP contribution >= 0.6 is 0 Å². The molecule has 0 radical (unpaired) electrons. The lowest BCUT2D eigenvalue weighted by atomic mass is 10.1. The maximum atomic E-state index is 12.1. The number of benzene rings is 1. The van der Waals surface area contributed by atoms with Crippen LogP contribution in [0.4, 0.5) is 5.69 Å². The molecule has 1 aromatic carbocycles. The zero-order chi connectivity index (χ0) is 13.7. The predicted octanol–water partition coefficient (Wildman–Crippen LogP) is 1.95. The van der Waals surface area contributed by atoms with Crippen LogP contribution in [-0.2, 0) is 16.0 Å². The highest BCUT2D eigenvalue weighted by Crippen LogP contribution is 2.21. The van der Waals surface area contributed by atoms with E-state index in [4.69, 9.17) is 4.74 Å². The molecule has 19 heavy (non-hydrogen) atoms. The number of fused-ring (bicyclic) bond motifs is 1. The Balaban J connectivity index is 1.86. The van der Waals surface area contributed by atoms with E-state index in [0.717, 1.165) is 18.5 Å². The van der Waals surface area contributed by atoms with Crippen molar-refractivity contribution in [3.05, 3.63) is 29.8 Å². The smallest absolute Gasteiger partial charge is 0.241 e. The summed E-state index contributed by atoms with van der Waals surface area (Å²) >= 11 is 0. The van der Waals surface area contributed by atoms with Crippen molar-refractivity contribution in [2.75, 3.05) is 18.5 Å². The van der Waals surface area contributed by atoms with Crippen LogP contribution in [0.5, 0.6) is 0 Å². The quantitative estimate of drug-likeness (QED) is 0.798. The number of hydrogen-bond donors (Lipinski definition) is 2. The lowest BCUT2D eigenvalue weighted by Gasteiger charge is -2.16. The molecule has 1 aromatic rings. The predicted molar refractivity (Wildman–Crippen MR) is 76.3 cm³/mol. The third-order valence-electron chi connectivity index (χ3n) is 3.24. The minimum Gasteiger partial charge on any atom is -0.377 e. The Morgan fingerprint density at radius 3 is 3.00 bits per heavy atom. The van der Waals surface area contributed by atoms with Crippen LogP contribution in [0, 0.1) is 0 Å². The molecule has 0 bridgehead atoms. The van der Waals surface area contributed by atoms with Gasteiger partial charge < -0.3 is 15.4 Å². The molecule has 1 unspecified atom stereocenters. The number of ether oxygens (including phenoxy) is 1. The second-order valence-electron chi connectivity index (χ2n) is 5.11. The minimum atomic E-state index is -0.136. The van der Waals surface area contributed by atoms with Crippen molar-refractivity contribution in [2.45, 2.75) is 38.8 Å². The van der Waals surface area contributed by atoms with Gasteiger partial charge in [-0.15, -0.1) is 0 Å². The van der Waals surface area contributed by atoms with Gasteiger partial charge in [-0.1, -0.05) is 18.2 Å². The summed E-state index contributed by atoms with van der Waals surface area (Å²) in [4.78, 5) is 12.1. The van der Waals surface area contributed by atoms with Gasteiger partial charge >= 0.3 is 0 Å². The number of amides is 1. The second-order valence-corrected chi connectivity index (χ2v) is 5.11. The molecule has 1 aliphatic rings. The maximum Gasteiger partial charge on any atom is 0.241 e. The molecule has 1 amide bonds. The van der Waals surface area contributed by atoms with Gasteiger partial charge in [0.1, 0.15) is 0 Å². The lowest BCUT2D eigenvalue weighted by Crippen LogP contribution is -2.41. The molecule has 0 fully saturated rings. The van der Waals surface area contributed by atoms with Gasteiger partial charge in [0, 0.05) is 12.2 Å². The number of hydrogen-bond acceptors (Lipinski definition) is 3. The van der Waals surface area contributed by atoms with Gasteiger partial charge in [0.05, 0.1) is 18.8 Å². The van der Waals surface area contributed by atoms with Crippen LogP contribution in [0.2, 0.25) is 0 Å². The van der Waals surface area contributed by atoms with E-state index in [-0.39, 0.29) is 18.1 Å². The second kappa shape index (κ2) is 6.68. The molecule has 0 saturated carbocycles. The third kappa shape index (κ3) is 4.04. The van der Waals surface area contributed by atoms with E-state index in [1.165, 1.54) is 5.56 Å². The fourth-order valence-electron chi connectivity index (χ4n) is 2.23. The van der Waals surface area contributed by atoms with Crippen molar-refractivity contribution in [2.24, 2.45) is 0 Å². The molecule has 1 aliphatic heterocycles. The molecule has 0 aliphatic carbocycles. The Bertz CT molecular complexity index is 432. The van der Waals surface area contributed by atoms with Crippen LogP contribution in [0.1, 0.15) is 25.8 Å². The fourth-order valence-corrected chi connectivity index (χ4v) is 2.23. The Labute approximate surface area is 114 Å². The summed E-state index contributed by atoms with van der Waals surface area (Å²) in [5, 5.41) is 6.24. The van der Waals surface area contributed by atoms with E-state index < -0.39 is 0 Å². The Hall–Kier alpha value is -1.39. The van der Waals surface area contributed by atoms with E-state index in [2.05, 4.69) is 16.7 Å². The number of anilines is 1. The Morgan fingerprint density at radius 1 is 1.42 bits per heavy atom. The first-order valence-electron chi connectivity index (χ1n) is 6.90. The first-order chi connectivity index (χ1) is 9.16. The first-order valence-corrected chi connectivity index (χ1v) is 6.90. The zero-order valence-electron chi connectivity index (χ0n) is 11.6. The molecule has 4 nitrogen and oxygen atoms in total.